The maximum atomic E-state index is 14.3. The highest BCUT2D eigenvalue weighted by molar-refractivity contribution is 5.85. The van der Waals surface area contributed by atoms with Gasteiger partial charge in [-0.05, 0) is 12.8 Å². The highest BCUT2D eigenvalue weighted by Gasteiger charge is 2.70. The summed E-state index contributed by atoms with van der Waals surface area (Å²) in [6.45, 7) is -0.604. The van der Waals surface area contributed by atoms with E-state index in [2.05, 4.69) is 0 Å². The Kier molecular flexibility index (Phi) is 2.75. The number of rotatable bonds is 1. The number of halogens is 2. The molecule has 2 amide bonds. The van der Waals surface area contributed by atoms with Crippen LogP contribution in [0.3, 0.4) is 0 Å². The van der Waals surface area contributed by atoms with Crippen LogP contribution in [0.2, 0.25) is 0 Å². The molecule has 1 saturated carbocycles. The first-order valence-corrected chi connectivity index (χ1v) is 5.80. The molecular formula is C11H16F2N2O3. The Morgan fingerprint density at radius 2 is 2.00 bits per heavy atom. The lowest BCUT2D eigenvalue weighted by molar-refractivity contribution is -0.186. The minimum Gasteiger partial charge on any atom is -0.465 e. The summed E-state index contributed by atoms with van der Waals surface area (Å²) in [5, 5.41) is 8.96. The number of likely N-dealkylation sites (tertiary alicyclic amines) is 1. The molecule has 2 fully saturated rings. The normalized spacial score (nSPS) is 33.3. The molecule has 1 aliphatic carbocycles. The maximum absolute atomic E-state index is 14.3. The Balaban J connectivity index is 2.41. The molecule has 0 aromatic carbocycles. The van der Waals surface area contributed by atoms with Crippen molar-refractivity contribution >= 4 is 12.0 Å². The van der Waals surface area contributed by atoms with E-state index in [0.717, 1.165) is 9.80 Å². The third-order valence-corrected chi connectivity index (χ3v) is 4.06. The fourth-order valence-electron chi connectivity index (χ4n) is 3.10. The van der Waals surface area contributed by atoms with Crippen LogP contribution in [0.1, 0.15) is 12.8 Å². The van der Waals surface area contributed by atoms with Gasteiger partial charge in [-0.15, -0.1) is 0 Å². The lowest BCUT2D eigenvalue weighted by atomic mass is 9.77. The van der Waals surface area contributed by atoms with Gasteiger partial charge in [-0.2, -0.15) is 0 Å². The van der Waals surface area contributed by atoms with Crippen molar-refractivity contribution in [2.75, 3.05) is 27.2 Å². The lowest BCUT2D eigenvalue weighted by Gasteiger charge is -2.44. The number of hydrogen-bond donors (Lipinski definition) is 1. The standard InChI is InChI=1S/C11H16F2N2O3/c1-14(2)8(16)10-4-3-7(11(10,12)13)5-15(6-10)9(17)18/h7H,3-6H2,1-2H3,(H,17,18). The predicted octanol–water partition coefficient (Wildman–Crippen LogP) is 1.10. The monoisotopic (exact) mass is 262 g/mol. The fraction of sp³-hybridized carbons (Fsp3) is 0.818. The van der Waals surface area contributed by atoms with Gasteiger partial charge in [0.2, 0.25) is 5.91 Å². The van der Waals surface area contributed by atoms with Crippen molar-refractivity contribution in [3.8, 4) is 0 Å². The minimum absolute atomic E-state index is 0.0471. The predicted molar refractivity (Wildman–Crippen MR) is 58.4 cm³/mol. The molecule has 5 nitrogen and oxygen atoms in total. The van der Waals surface area contributed by atoms with Crippen LogP contribution in [0, 0.1) is 11.3 Å². The zero-order valence-corrected chi connectivity index (χ0v) is 10.3. The number of alkyl halides is 2. The molecule has 2 unspecified atom stereocenters. The van der Waals surface area contributed by atoms with Crippen molar-refractivity contribution < 1.29 is 23.5 Å². The van der Waals surface area contributed by atoms with Crippen LogP contribution >= 0.6 is 0 Å². The van der Waals surface area contributed by atoms with Gasteiger partial charge in [-0.3, -0.25) is 4.79 Å². The van der Waals surface area contributed by atoms with Gasteiger partial charge in [0.05, 0.1) is 0 Å². The van der Waals surface area contributed by atoms with E-state index in [4.69, 9.17) is 5.11 Å². The molecular weight excluding hydrogens is 246 g/mol. The van der Waals surface area contributed by atoms with E-state index in [-0.39, 0.29) is 19.4 Å². The number of carboxylic acid groups (broad SMARTS) is 1. The molecule has 102 valence electrons. The van der Waals surface area contributed by atoms with Gasteiger partial charge < -0.3 is 14.9 Å². The molecule has 18 heavy (non-hydrogen) atoms. The SMILES string of the molecule is CN(C)C(=O)C12CCC(CN(C(=O)O)C1)C2(F)F. The first kappa shape index (κ1) is 13.0. The number of carbonyl (C=O) groups is 2. The first-order chi connectivity index (χ1) is 8.22. The smallest absolute Gasteiger partial charge is 0.407 e. The molecule has 2 atom stereocenters. The average molecular weight is 262 g/mol. The van der Waals surface area contributed by atoms with Crippen LogP contribution < -0.4 is 0 Å². The van der Waals surface area contributed by atoms with Gasteiger partial charge >= 0.3 is 6.09 Å². The van der Waals surface area contributed by atoms with Gasteiger partial charge in [0.1, 0.15) is 5.41 Å². The average Bonchev–Trinajstić information content (AvgIpc) is 2.46. The number of piperidine rings is 1. The molecule has 0 radical (unpaired) electrons. The highest BCUT2D eigenvalue weighted by Crippen LogP contribution is 2.57. The van der Waals surface area contributed by atoms with E-state index >= 15 is 0 Å². The van der Waals surface area contributed by atoms with Gasteiger partial charge in [0.15, 0.2) is 0 Å². The van der Waals surface area contributed by atoms with Crippen molar-refractivity contribution in [1.82, 2.24) is 9.80 Å². The molecule has 2 aliphatic rings. The van der Waals surface area contributed by atoms with Gasteiger partial charge in [0, 0.05) is 33.1 Å². The Bertz CT molecular complexity index is 400. The molecule has 1 saturated heterocycles. The first-order valence-electron chi connectivity index (χ1n) is 5.80. The Labute approximate surface area is 103 Å². The number of fused-ring (bicyclic) bond motifs is 2. The maximum Gasteiger partial charge on any atom is 0.407 e. The third kappa shape index (κ3) is 1.49. The molecule has 0 aromatic heterocycles. The van der Waals surface area contributed by atoms with Crippen molar-refractivity contribution in [3.05, 3.63) is 0 Å². The van der Waals surface area contributed by atoms with Crippen molar-refractivity contribution in [3.63, 3.8) is 0 Å². The summed E-state index contributed by atoms with van der Waals surface area (Å²) in [7, 11) is 2.83. The zero-order valence-electron chi connectivity index (χ0n) is 10.3. The van der Waals surface area contributed by atoms with E-state index < -0.39 is 35.8 Å². The minimum atomic E-state index is -3.12. The van der Waals surface area contributed by atoms with Crippen LogP contribution in [0.5, 0.6) is 0 Å². The van der Waals surface area contributed by atoms with Gasteiger partial charge in [-0.25, -0.2) is 13.6 Å². The second kappa shape index (κ2) is 3.80. The van der Waals surface area contributed by atoms with Gasteiger partial charge in [0.25, 0.3) is 5.92 Å². The summed E-state index contributed by atoms with van der Waals surface area (Å²) < 4.78 is 28.6. The second-order valence-electron chi connectivity index (χ2n) is 5.30. The van der Waals surface area contributed by atoms with Crippen LogP contribution in [0.4, 0.5) is 13.6 Å². The summed E-state index contributed by atoms with van der Waals surface area (Å²) in [5.41, 5.74) is -1.88. The van der Waals surface area contributed by atoms with Crippen LogP contribution in [-0.4, -0.2) is 60.0 Å². The summed E-state index contributed by atoms with van der Waals surface area (Å²) in [4.78, 5) is 25.1. The van der Waals surface area contributed by atoms with Crippen molar-refractivity contribution in [2.45, 2.75) is 18.8 Å². The quantitative estimate of drug-likeness (QED) is 0.769. The summed E-state index contributed by atoms with van der Waals surface area (Å²) in [6, 6.07) is 0. The van der Waals surface area contributed by atoms with Crippen molar-refractivity contribution in [2.24, 2.45) is 11.3 Å². The fourth-order valence-corrected chi connectivity index (χ4v) is 3.10. The molecule has 0 spiro atoms. The van der Waals surface area contributed by atoms with E-state index in [1.54, 1.807) is 0 Å². The van der Waals surface area contributed by atoms with E-state index in [1.807, 2.05) is 0 Å². The molecule has 2 bridgehead atoms. The molecule has 2 rings (SSSR count). The Hall–Kier alpha value is -1.40. The lowest BCUT2D eigenvalue weighted by Crippen LogP contribution is -2.62. The molecule has 1 heterocycles. The molecule has 1 aliphatic heterocycles. The van der Waals surface area contributed by atoms with E-state index in [1.165, 1.54) is 14.1 Å². The highest BCUT2D eigenvalue weighted by atomic mass is 19.3. The summed E-state index contributed by atoms with van der Waals surface area (Å²) >= 11 is 0. The molecule has 7 heteroatoms. The number of hydrogen-bond acceptors (Lipinski definition) is 2. The third-order valence-electron chi connectivity index (χ3n) is 4.06. The number of carbonyl (C=O) groups excluding carboxylic acids is 1. The number of amides is 2. The van der Waals surface area contributed by atoms with E-state index in [9.17, 15) is 18.4 Å². The van der Waals surface area contributed by atoms with Gasteiger partial charge in [-0.1, -0.05) is 0 Å². The van der Waals surface area contributed by atoms with E-state index in [0.29, 0.717) is 0 Å². The van der Waals surface area contributed by atoms with Crippen LogP contribution in [-0.2, 0) is 4.79 Å². The molecule has 1 N–H and O–H groups in total. The zero-order chi connectivity index (χ0) is 13.7. The topological polar surface area (TPSA) is 60.9 Å². The largest absolute Gasteiger partial charge is 0.465 e. The summed E-state index contributed by atoms with van der Waals surface area (Å²) in [6.07, 6.45) is -1.00. The van der Waals surface area contributed by atoms with Crippen LogP contribution in [0.15, 0.2) is 0 Å². The van der Waals surface area contributed by atoms with Crippen LogP contribution in [0.25, 0.3) is 0 Å². The summed E-state index contributed by atoms with van der Waals surface area (Å²) in [5.74, 6) is -4.85. The van der Waals surface area contributed by atoms with Crippen molar-refractivity contribution in [1.29, 1.82) is 0 Å². The Morgan fingerprint density at radius 1 is 1.39 bits per heavy atom. The number of nitrogens with zero attached hydrogens (tertiary/aromatic N) is 2. The second-order valence-corrected chi connectivity index (χ2v) is 5.30. The molecule has 0 aromatic rings. The Morgan fingerprint density at radius 3 is 2.50 bits per heavy atom.